The fourth-order valence-corrected chi connectivity index (χ4v) is 3.04. The van der Waals surface area contributed by atoms with E-state index in [0.717, 1.165) is 48.1 Å². The Bertz CT molecular complexity index is 668. The molecule has 21 heavy (non-hydrogen) atoms. The molecule has 3 heterocycles. The highest BCUT2D eigenvalue weighted by Gasteiger charge is 2.26. The summed E-state index contributed by atoms with van der Waals surface area (Å²) in [4.78, 5) is 0. The largest absolute Gasteiger partial charge is 0.486 e. The molecule has 0 saturated carbocycles. The molecule has 0 saturated heterocycles. The van der Waals surface area contributed by atoms with Crippen LogP contribution >= 0.6 is 0 Å². The summed E-state index contributed by atoms with van der Waals surface area (Å²) in [5.74, 6) is 3.93. The summed E-state index contributed by atoms with van der Waals surface area (Å²) in [6.07, 6.45) is 2.02. The molecule has 2 aliphatic heterocycles. The Morgan fingerprint density at radius 3 is 3.05 bits per heavy atom. The number of aryl methyl sites for hydroxylation is 1. The number of nitrogens with two attached hydrogens (primary N) is 1. The van der Waals surface area contributed by atoms with Crippen molar-refractivity contribution in [1.82, 2.24) is 14.8 Å². The van der Waals surface area contributed by atoms with Crippen molar-refractivity contribution >= 4 is 0 Å². The maximum Gasteiger partial charge on any atom is 0.172 e. The Morgan fingerprint density at radius 1 is 1.24 bits per heavy atom. The Labute approximate surface area is 122 Å². The van der Waals surface area contributed by atoms with Crippen molar-refractivity contribution in [3.63, 3.8) is 0 Å². The van der Waals surface area contributed by atoms with Gasteiger partial charge >= 0.3 is 0 Å². The first-order valence-corrected chi connectivity index (χ1v) is 7.38. The summed E-state index contributed by atoms with van der Waals surface area (Å²) in [7, 11) is 0. The first-order valence-electron chi connectivity index (χ1n) is 7.38. The molecule has 0 fully saturated rings. The smallest absolute Gasteiger partial charge is 0.172 e. The number of hydrogen-bond donors (Lipinski definition) is 1. The van der Waals surface area contributed by atoms with Gasteiger partial charge in [-0.15, -0.1) is 10.2 Å². The fourth-order valence-electron chi connectivity index (χ4n) is 3.04. The zero-order valence-corrected chi connectivity index (χ0v) is 11.8. The molecule has 1 unspecified atom stereocenters. The lowest BCUT2D eigenvalue weighted by atomic mass is 9.99. The van der Waals surface area contributed by atoms with Crippen LogP contribution in [-0.4, -0.2) is 34.5 Å². The number of nitrogens with zero attached hydrogens (tertiary/aromatic N) is 3. The molecular formula is C15H18N4O2. The molecule has 0 radical (unpaired) electrons. The minimum Gasteiger partial charge on any atom is -0.486 e. The predicted molar refractivity (Wildman–Crippen MR) is 77.3 cm³/mol. The molecule has 0 amide bonds. The standard InChI is InChI=1S/C15H18N4O2/c16-8-10-4-5-13-17-18-15(19(13)9-10)11-2-1-3-12-14(11)21-7-6-20-12/h1-3,10H,4-9,16H2. The second-order valence-electron chi connectivity index (χ2n) is 5.52. The van der Waals surface area contributed by atoms with Crippen LogP contribution in [0.5, 0.6) is 11.5 Å². The van der Waals surface area contributed by atoms with Gasteiger partial charge in [-0.25, -0.2) is 0 Å². The Morgan fingerprint density at radius 2 is 2.14 bits per heavy atom. The maximum atomic E-state index is 5.83. The van der Waals surface area contributed by atoms with Gasteiger partial charge in [0.1, 0.15) is 19.0 Å². The van der Waals surface area contributed by atoms with Crippen LogP contribution in [0.3, 0.4) is 0 Å². The molecule has 0 spiro atoms. The van der Waals surface area contributed by atoms with Crippen molar-refractivity contribution in [2.75, 3.05) is 19.8 Å². The van der Waals surface area contributed by atoms with Gasteiger partial charge < -0.3 is 19.8 Å². The van der Waals surface area contributed by atoms with E-state index in [1.165, 1.54) is 0 Å². The van der Waals surface area contributed by atoms with Crippen molar-refractivity contribution in [3.05, 3.63) is 24.0 Å². The van der Waals surface area contributed by atoms with Crippen LogP contribution in [0.25, 0.3) is 11.4 Å². The van der Waals surface area contributed by atoms with Gasteiger partial charge in [0.05, 0.1) is 5.56 Å². The van der Waals surface area contributed by atoms with Crippen LogP contribution in [0.2, 0.25) is 0 Å². The van der Waals surface area contributed by atoms with Gasteiger partial charge in [-0.3, -0.25) is 0 Å². The lowest BCUT2D eigenvalue weighted by Gasteiger charge is -2.24. The number of para-hydroxylation sites is 1. The third-order valence-corrected chi connectivity index (χ3v) is 4.18. The molecule has 2 aliphatic rings. The summed E-state index contributed by atoms with van der Waals surface area (Å²) in [5.41, 5.74) is 6.78. The molecule has 0 aliphatic carbocycles. The Hall–Kier alpha value is -2.08. The number of benzene rings is 1. The van der Waals surface area contributed by atoms with Crippen molar-refractivity contribution in [1.29, 1.82) is 0 Å². The molecule has 2 aromatic rings. The van der Waals surface area contributed by atoms with E-state index in [1.54, 1.807) is 0 Å². The number of fused-ring (bicyclic) bond motifs is 2. The second-order valence-corrected chi connectivity index (χ2v) is 5.52. The molecule has 1 atom stereocenters. The van der Waals surface area contributed by atoms with E-state index >= 15 is 0 Å². The quantitative estimate of drug-likeness (QED) is 0.899. The summed E-state index contributed by atoms with van der Waals surface area (Å²) >= 11 is 0. The lowest BCUT2D eigenvalue weighted by Crippen LogP contribution is -2.27. The van der Waals surface area contributed by atoms with E-state index in [2.05, 4.69) is 14.8 Å². The van der Waals surface area contributed by atoms with Gasteiger partial charge in [-0.2, -0.15) is 0 Å². The Kier molecular flexibility index (Phi) is 3.03. The third-order valence-electron chi connectivity index (χ3n) is 4.18. The molecule has 6 heteroatoms. The minimum atomic E-state index is 0.490. The monoisotopic (exact) mass is 286 g/mol. The van der Waals surface area contributed by atoms with Gasteiger partial charge in [0.2, 0.25) is 0 Å². The third kappa shape index (κ3) is 2.06. The summed E-state index contributed by atoms with van der Waals surface area (Å²) in [6, 6.07) is 5.90. The van der Waals surface area contributed by atoms with Gasteiger partial charge in [0, 0.05) is 13.0 Å². The van der Waals surface area contributed by atoms with Crippen LogP contribution in [0.1, 0.15) is 12.2 Å². The number of rotatable bonds is 2. The molecule has 1 aromatic heterocycles. The van der Waals surface area contributed by atoms with E-state index in [4.69, 9.17) is 15.2 Å². The summed E-state index contributed by atoms with van der Waals surface area (Å²) in [5, 5.41) is 8.71. The minimum absolute atomic E-state index is 0.490. The molecule has 1 aromatic carbocycles. The molecule has 110 valence electrons. The number of aromatic nitrogens is 3. The molecule has 2 N–H and O–H groups in total. The van der Waals surface area contributed by atoms with E-state index in [0.29, 0.717) is 25.7 Å². The summed E-state index contributed by atoms with van der Waals surface area (Å²) < 4.78 is 13.6. The second kappa shape index (κ2) is 5.04. The van der Waals surface area contributed by atoms with Crippen LogP contribution < -0.4 is 15.2 Å². The zero-order valence-electron chi connectivity index (χ0n) is 11.8. The fraction of sp³-hybridized carbons (Fsp3) is 0.467. The van der Waals surface area contributed by atoms with Crippen LogP contribution in [0.15, 0.2) is 18.2 Å². The molecule has 0 bridgehead atoms. The normalized spacial score (nSPS) is 20.1. The first-order chi connectivity index (χ1) is 10.4. The lowest BCUT2D eigenvalue weighted by molar-refractivity contribution is 0.172. The van der Waals surface area contributed by atoms with Gasteiger partial charge in [-0.1, -0.05) is 6.07 Å². The topological polar surface area (TPSA) is 75.2 Å². The highest BCUT2D eigenvalue weighted by atomic mass is 16.6. The van der Waals surface area contributed by atoms with E-state index in [9.17, 15) is 0 Å². The Balaban J connectivity index is 1.80. The van der Waals surface area contributed by atoms with Crippen molar-refractivity contribution in [2.24, 2.45) is 11.7 Å². The van der Waals surface area contributed by atoms with Crippen LogP contribution in [-0.2, 0) is 13.0 Å². The zero-order chi connectivity index (χ0) is 14.2. The van der Waals surface area contributed by atoms with Gasteiger partial charge in [-0.05, 0) is 31.0 Å². The first kappa shape index (κ1) is 12.6. The van der Waals surface area contributed by atoms with Gasteiger partial charge in [0.25, 0.3) is 0 Å². The van der Waals surface area contributed by atoms with Crippen molar-refractivity contribution < 1.29 is 9.47 Å². The molecule has 6 nitrogen and oxygen atoms in total. The average molecular weight is 286 g/mol. The van der Waals surface area contributed by atoms with E-state index in [-0.39, 0.29) is 0 Å². The van der Waals surface area contributed by atoms with Crippen molar-refractivity contribution in [3.8, 4) is 22.9 Å². The highest BCUT2D eigenvalue weighted by Crippen LogP contribution is 2.39. The van der Waals surface area contributed by atoms with E-state index in [1.807, 2.05) is 18.2 Å². The molecular weight excluding hydrogens is 268 g/mol. The number of hydrogen-bond acceptors (Lipinski definition) is 5. The van der Waals surface area contributed by atoms with Crippen molar-refractivity contribution in [2.45, 2.75) is 19.4 Å². The number of ether oxygens (including phenoxy) is 2. The SMILES string of the molecule is NCC1CCc2nnc(-c3cccc4c3OCCO4)n2C1. The van der Waals surface area contributed by atoms with Crippen LogP contribution in [0.4, 0.5) is 0 Å². The van der Waals surface area contributed by atoms with Crippen LogP contribution in [0, 0.1) is 5.92 Å². The summed E-state index contributed by atoms with van der Waals surface area (Å²) in [6.45, 7) is 2.72. The average Bonchev–Trinajstić information content (AvgIpc) is 2.97. The maximum absolute atomic E-state index is 5.83. The van der Waals surface area contributed by atoms with Gasteiger partial charge in [0.15, 0.2) is 17.3 Å². The molecule has 4 rings (SSSR count). The van der Waals surface area contributed by atoms with E-state index < -0.39 is 0 Å². The highest BCUT2D eigenvalue weighted by molar-refractivity contribution is 5.69. The predicted octanol–water partition coefficient (Wildman–Crippen LogP) is 1.24.